The van der Waals surface area contributed by atoms with Crippen LogP contribution in [-0.4, -0.2) is 45.5 Å². The molecular formula is C15H26N4O2. The molecule has 1 aliphatic rings. The number of nitrogens with one attached hydrogen (secondary N) is 1. The fourth-order valence-electron chi connectivity index (χ4n) is 2.89. The lowest BCUT2D eigenvalue weighted by molar-refractivity contribution is 0.134. The highest BCUT2D eigenvalue weighted by Crippen LogP contribution is 2.26. The van der Waals surface area contributed by atoms with Crippen molar-refractivity contribution in [3.8, 4) is 0 Å². The predicted molar refractivity (Wildman–Crippen MR) is 80.8 cm³/mol. The number of aromatic nitrogens is 2. The number of aliphatic hydroxyl groups excluding tert-OH is 1. The maximum absolute atomic E-state index is 12.2. The molecule has 2 N–H and O–H groups in total. The largest absolute Gasteiger partial charge is 0.396 e. The summed E-state index contributed by atoms with van der Waals surface area (Å²) >= 11 is 0. The number of aryl methyl sites for hydroxylation is 1. The third kappa shape index (κ3) is 3.75. The van der Waals surface area contributed by atoms with E-state index in [1.54, 1.807) is 15.8 Å². The zero-order valence-corrected chi connectivity index (χ0v) is 13.2. The predicted octanol–water partition coefficient (Wildman–Crippen LogP) is 1.42. The first-order chi connectivity index (χ1) is 10.0. The smallest absolute Gasteiger partial charge is 0.317 e. The lowest BCUT2D eigenvalue weighted by Crippen LogP contribution is -2.45. The molecule has 0 spiro atoms. The van der Waals surface area contributed by atoms with E-state index in [1.165, 1.54) is 0 Å². The van der Waals surface area contributed by atoms with E-state index in [0.29, 0.717) is 12.5 Å². The number of aliphatic hydroxyl groups is 1. The summed E-state index contributed by atoms with van der Waals surface area (Å²) in [7, 11) is 3.75. The number of hydrogen-bond donors (Lipinski definition) is 2. The summed E-state index contributed by atoms with van der Waals surface area (Å²) in [6, 6.07) is 0.244. The first kappa shape index (κ1) is 15.8. The molecule has 0 radical (unpaired) electrons. The van der Waals surface area contributed by atoms with Crippen molar-refractivity contribution < 1.29 is 9.90 Å². The summed E-state index contributed by atoms with van der Waals surface area (Å²) < 4.78 is 1.81. The Morgan fingerprint density at radius 3 is 2.67 bits per heavy atom. The summed E-state index contributed by atoms with van der Waals surface area (Å²) in [5, 5.41) is 16.3. The first-order valence-corrected chi connectivity index (χ1v) is 7.62. The minimum Gasteiger partial charge on any atom is -0.396 e. The molecule has 1 heterocycles. The molecule has 6 nitrogen and oxygen atoms in total. The van der Waals surface area contributed by atoms with E-state index in [1.807, 2.05) is 21.0 Å². The summed E-state index contributed by atoms with van der Waals surface area (Å²) in [5.74, 6) is 0.413. The molecule has 2 rings (SSSR count). The van der Waals surface area contributed by atoms with Crippen LogP contribution in [0.1, 0.15) is 36.9 Å². The van der Waals surface area contributed by atoms with Gasteiger partial charge in [-0.25, -0.2) is 4.79 Å². The molecule has 1 aliphatic carbocycles. The summed E-state index contributed by atoms with van der Waals surface area (Å²) in [4.78, 5) is 14.0. The summed E-state index contributed by atoms with van der Waals surface area (Å²) in [6.07, 6.45) is 5.74. The molecule has 0 aliphatic heterocycles. The van der Waals surface area contributed by atoms with Crippen LogP contribution < -0.4 is 5.32 Å². The number of carbonyl (C=O) groups is 1. The molecule has 1 aromatic rings. The molecule has 0 bridgehead atoms. The number of amides is 2. The van der Waals surface area contributed by atoms with Gasteiger partial charge in [-0.2, -0.15) is 5.10 Å². The second-order valence-electron chi connectivity index (χ2n) is 6.01. The van der Waals surface area contributed by atoms with Gasteiger partial charge in [-0.3, -0.25) is 4.68 Å². The number of carbonyl (C=O) groups excluding carboxylic acids is 1. The molecule has 0 unspecified atom stereocenters. The normalized spacial score (nSPS) is 22.1. The van der Waals surface area contributed by atoms with Crippen LogP contribution in [0.25, 0.3) is 0 Å². The average molecular weight is 294 g/mol. The van der Waals surface area contributed by atoms with E-state index in [4.69, 9.17) is 5.11 Å². The van der Waals surface area contributed by atoms with E-state index in [-0.39, 0.29) is 18.7 Å². The summed E-state index contributed by atoms with van der Waals surface area (Å²) in [5.41, 5.74) is 2.12. The number of rotatable bonds is 4. The highest BCUT2D eigenvalue weighted by Gasteiger charge is 2.26. The van der Waals surface area contributed by atoms with Crippen molar-refractivity contribution >= 4 is 6.03 Å². The lowest BCUT2D eigenvalue weighted by Gasteiger charge is -2.34. The highest BCUT2D eigenvalue weighted by molar-refractivity contribution is 5.74. The number of nitrogens with zero attached hydrogens (tertiary/aromatic N) is 3. The third-order valence-corrected chi connectivity index (χ3v) is 4.71. The van der Waals surface area contributed by atoms with Crippen LogP contribution in [-0.2, 0) is 13.6 Å². The molecule has 1 saturated carbocycles. The van der Waals surface area contributed by atoms with Gasteiger partial charge in [-0.05, 0) is 38.5 Å². The fraction of sp³-hybridized carbons (Fsp3) is 0.733. The highest BCUT2D eigenvalue weighted by atomic mass is 16.3. The van der Waals surface area contributed by atoms with Gasteiger partial charge in [0.1, 0.15) is 0 Å². The van der Waals surface area contributed by atoms with Crippen LogP contribution >= 0.6 is 0 Å². The maximum Gasteiger partial charge on any atom is 0.317 e. The molecule has 2 amide bonds. The fourth-order valence-corrected chi connectivity index (χ4v) is 2.89. The van der Waals surface area contributed by atoms with Crippen molar-refractivity contribution in [3.63, 3.8) is 0 Å². The standard InChI is InChI=1S/C15H26N4O2/c1-11-13(9-17-19(11)3)8-16-15(21)18(2)14-6-4-12(10-20)5-7-14/h9,12,14,20H,4-8,10H2,1-3H3,(H,16,21). The Labute approximate surface area is 126 Å². The van der Waals surface area contributed by atoms with Gasteiger partial charge < -0.3 is 15.3 Å². The van der Waals surface area contributed by atoms with Crippen LogP contribution in [0.4, 0.5) is 4.79 Å². The quantitative estimate of drug-likeness (QED) is 0.882. The molecule has 1 fully saturated rings. The van der Waals surface area contributed by atoms with E-state index >= 15 is 0 Å². The first-order valence-electron chi connectivity index (χ1n) is 7.62. The second kappa shape index (κ2) is 6.93. The number of urea groups is 1. The minimum absolute atomic E-state index is 0.0364. The molecule has 21 heavy (non-hydrogen) atoms. The second-order valence-corrected chi connectivity index (χ2v) is 6.01. The molecule has 0 aromatic carbocycles. The summed E-state index contributed by atoms with van der Waals surface area (Å²) in [6.45, 7) is 2.77. The van der Waals surface area contributed by atoms with Crippen molar-refractivity contribution in [3.05, 3.63) is 17.5 Å². The Morgan fingerprint density at radius 2 is 2.14 bits per heavy atom. The van der Waals surface area contributed by atoms with Crippen LogP contribution in [0.15, 0.2) is 6.20 Å². The van der Waals surface area contributed by atoms with Crippen LogP contribution in [0.5, 0.6) is 0 Å². The Bertz CT molecular complexity index is 478. The lowest BCUT2D eigenvalue weighted by atomic mass is 9.86. The van der Waals surface area contributed by atoms with Crippen LogP contribution in [0.2, 0.25) is 0 Å². The van der Waals surface area contributed by atoms with Gasteiger partial charge in [0.25, 0.3) is 0 Å². The Balaban J connectivity index is 1.81. The van der Waals surface area contributed by atoms with Crippen molar-refractivity contribution in [2.75, 3.05) is 13.7 Å². The van der Waals surface area contributed by atoms with E-state index in [0.717, 1.165) is 36.9 Å². The van der Waals surface area contributed by atoms with Gasteiger partial charge in [-0.1, -0.05) is 0 Å². The molecule has 6 heteroatoms. The van der Waals surface area contributed by atoms with Gasteiger partial charge in [0.2, 0.25) is 0 Å². The zero-order valence-electron chi connectivity index (χ0n) is 13.2. The molecular weight excluding hydrogens is 268 g/mol. The maximum atomic E-state index is 12.2. The SMILES string of the molecule is Cc1c(CNC(=O)N(C)C2CCC(CO)CC2)cnn1C. The Hall–Kier alpha value is -1.56. The molecule has 118 valence electrons. The van der Waals surface area contributed by atoms with Gasteiger partial charge in [0, 0.05) is 44.5 Å². The molecule has 0 atom stereocenters. The minimum atomic E-state index is -0.0364. The zero-order chi connectivity index (χ0) is 15.4. The van der Waals surface area contributed by atoms with Gasteiger partial charge in [0.05, 0.1) is 6.20 Å². The van der Waals surface area contributed by atoms with E-state index in [2.05, 4.69) is 10.4 Å². The third-order valence-electron chi connectivity index (χ3n) is 4.71. The van der Waals surface area contributed by atoms with E-state index < -0.39 is 0 Å². The van der Waals surface area contributed by atoms with Gasteiger partial charge in [0.15, 0.2) is 0 Å². The monoisotopic (exact) mass is 294 g/mol. The Morgan fingerprint density at radius 1 is 1.48 bits per heavy atom. The van der Waals surface area contributed by atoms with Gasteiger partial charge >= 0.3 is 6.03 Å². The van der Waals surface area contributed by atoms with Crippen molar-refractivity contribution in [1.82, 2.24) is 20.0 Å². The van der Waals surface area contributed by atoms with Crippen molar-refractivity contribution in [2.24, 2.45) is 13.0 Å². The molecule has 1 aromatic heterocycles. The number of hydrogen-bond acceptors (Lipinski definition) is 3. The van der Waals surface area contributed by atoms with Crippen molar-refractivity contribution in [2.45, 2.75) is 45.2 Å². The van der Waals surface area contributed by atoms with Crippen LogP contribution in [0, 0.1) is 12.8 Å². The molecule has 0 saturated heterocycles. The topological polar surface area (TPSA) is 70.4 Å². The van der Waals surface area contributed by atoms with Crippen molar-refractivity contribution in [1.29, 1.82) is 0 Å². The van der Waals surface area contributed by atoms with Gasteiger partial charge in [-0.15, -0.1) is 0 Å². The van der Waals surface area contributed by atoms with E-state index in [9.17, 15) is 4.79 Å². The van der Waals surface area contributed by atoms with Crippen LogP contribution in [0.3, 0.4) is 0 Å². The average Bonchev–Trinajstić information content (AvgIpc) is 2.83. The Kier molecular flexibility index (Phi) is 5.22.